The van der Waals surface area contributed by atoms with Gasteiger partial charge in [0.05, 0.1) is 0 Å². The molecule has 0 aromatic carbocycles. The summed E-state index contributed by atoms with van der Waals surface area (Å²) in [5.41, 5.74) is 0. The second kappa shape index (κ2) is 8.62. The van der Waals surface area contributed by atoms with Gasteiger partial charge in [0.25, 0.3) is 0 Å². The highest BCUT2D eigenvalue weighted by Gasteiger charge is 2.44. The molecule has 17 heavy (non-hydrogen) atoms. The molecule has 0 rings (SSSR count). The molecule has 0 saturated heterocycles. The van der Waals surface area contributed by atoms with Crippen molar-refractivity contribution in [2.75, 3.05) is 0 Å². The Balaban J connectivity index is 5.04. The maximum absolute atomic E-state index is 12.3. The van der Waals surface area contributed by atoms with E-state index in [1.165, 1.54) is 0 Å². The zero-order chi connectivity index (χ0) is 13.3. The van der Waals surface area contributed by atoms with E-state index in [0.717, 1.165) is 37.8 Å². The first-order valence-electron chi connectivity index (χ1n) is 7.15. The lowest BCUT2D eigenvalue weighted by atomic mass is 10.4. The largest absolute Gasteiger partial charge is 0.305 e. The topological polar surface area (TPSA) is 34.1 Å². The summed E-state index contributed by atoms with van der Waals surface area (Å²) in [5, 5.41) is 0.595. The average Bonchev–Trinajstić information content (AvgIpc) is 2.37. The summed E-state index contributed by atoms with van der Waals surface area (Å²) in [6, 6.07) is 1.78. The third-order valence-corrected chi connectivity index (χ3v) is 8.88. The second-order valence-corrected chi connectivity index (χ2v) is 9.12. The highest BCUT2D eigenvalue weighted by atomic mass is 28.3. The maximum atomic E-state index is 12.3. The molecule has 0 aromatic heterocycles. The van der Waals surface area contributed by atoms with Crippen molar-refractivity contribution in [2.24, 2.45) is 0 Å². The molecule has 0 aliphatic carbocycles. The van der Waals surface area contributed by atoms with Gasteiger partial charge in [0.15, 0.2) is 0 Å². The SMILES string of the molecule is CCCC[Si](CCCC)(C(=O)CC)C(=O)CC. The first-order chi connectivity index (χ1) is 8.08. The van der Waals surface area contributed by atoms with Crippen LogP contribution in [0.5, 0.6) is 0 Å². The zero-order valence-electron chi connectivity index (χ0n) is 12.0. The second-order valence-electron chi connectivity index (χ2n) is 4.84. The molecule has 0 heterocycles. The Kier molecular flexibility index (Phi) is 8.39. The lowest BCUT2D eigenvalue weighted by molar-refractivity contribution is -0.116. The number of hydrogen-bond donors (Lipinski definition) is 0. The maximum Gasteiger partial charge on any atom is 0.208 e. The third kappa shape index (κ3) is 4.38. The summed E-state index contributed by atoms with van der Waals surface area (Å²) in [6.07, 6.45) is 5.32. The van der Waals surface area contributed by atoms with E-state index in [9.17, 15) is 9.59 Å². The van der Waals surface area contributed by atoms with E-state index in [0.29, 0.717) is 23.7 Å². The third-order valence-electron chi connectivity index (χ3n) is 3.62. The molecule has 0 saturated carbocycles. The number of carbonyl (C=O) groups is 2. The predicted octanol–water partition coefficient (Wildman–Crippen LogP) is 4.07. The van der Waals surface area contributed by atoms with E-state index in [4.69, 9.17) is 0 Å². The molecule has 0 aliphatic rings. The van der Waals surface area contributed by atoms with E-state index in [1.54, 1.807) is 0 Å². The van der Waals surface area contributed by atoms with Gasteiger partial charge in [-0.3, -0.25) is 0 Å². The first kappa shape index (κ1) is 16.6. The molecule has 0 unspecified atom stereocenters. The predicted molar refractivity (Wildman–Crippen MR) is 75.8 cm³/mol. The van der Waals surface area contributed by atoms with Gasteiger partial charge in [-0.15, -0.1) is 0 Å². The average molecular weight is 256 g/mol. The van der Waals surface area contributed by atoms with Crippen molar-refractivity contribution in [1.29, 1.82) is 0 Å². The van der Waals surface area contributed by atoms with Crippen molar-refractivity contribution < 1.29 is 9.59 Å². The highest BCUT2D eigenvalue weighted by molar-refractivity contribution is 7.25. The summed E-state index contributed by atoms with van der Waals surface area (Å²) in [5.74, 6) is 0. The fourth-order valence-electron chi connectivity index (χ4n) is 2.47. The lowest BCUT2D eigenvalue weighted by Crippen LogP contribution is -2.51. The van der Waals surface area contributed by atoms with Crippen LogP contribution in [0.2, 0.25) is 12.1 Å². The van der Waals surface area contributed by atoms with E-state index >= 15 is 0 Å². The molecule has 2 nitrogen and oxygen atoms in total. The Morgan fingerprint density at radius 1 is 0.765 bits per heavy atom. The summed E-state index contributed by atoms with van der Waals surface area (Å²) in [7, 11) is -2.32. The number of unbranched alkanes of at least 4 members (excludes halogenated alkanes) is 2. The summed E-state index contributed by atoms with van der Waals surface area (Å²) in [4.78, 5) is 24.6. The summed E-state index contributed by atoms with van der Waals surface area (Å²) < 4.78 is 0. The Bertz CT molecular complexity index is 223. The normalized spacial score (nSPS) is 11.5. The Morgan fingerprint density at radius 3 is 1.35 bits per heavy atom. The van der Waals surface area contributed by atoms with Crippen LogP contribution in [-0.4, -0.2) is 18.9 Å². The van der Waals surface area contributed by atoms with Crippen molar-refractivity contribution in [3.8, 4) is 0 Å². The molecule has 0 fully saturated rings. The quantitative estimate of drug-likeness (QED) is 0.552. The summed E-state index contributed by atoms with van der Waals surface area (Å²) in [6.45, 7) is 8.08. The fraction of sp³-hybridized carbons (Fsp3) is 0.857. The standard InChI is InChI=1S/C14H28O2Si/c1-5-9-11-17(12-10-6-2,13(15)7-3)14(16)8-4/h5-12H2,1-4H3. The van der Waals surface area contributed by atoms with E-state index in [2.05, 4.69) is 13.8 Å². The first-order valence-corrected chi connectivity index (χ1v) is 9.57. The van der Waals surface area contributed by atoms with Crippen LogP contribution in [-0.2, 0) is 9.59 Å². The van der Waals surface area contributed by atoms with Gasteiger partial charge in [-0.1, -0.05) is 53.4 Å². The molecule has 100 valence electrons. The van der Waals surface area contributed by atoms with E-state index in [1.807, 2.05) is 13.8 Å². The molecule has 0 bridgehead atoms. The molecule has 0 spiro atoms. The fourth-order valence-corrected chi connectivity index (χ4v) is 7.42. The smallest absolute Gasteiger partial charge is 0.208 e. The van der Waals surface area contributed by atoms with Crippen LogP contribution < -0.4 is 0 Å². The van der Waals surface area contributed by atoms with Crippen LogP contribution in [0.4, 0.5) is 0 Å². The Morgan fingerprint density at radius 2 is 1.12 bits per heavy atom. The van der Waals surface area contributed by atoms with Crippen LogP contribution in [0.1, 0.15) is 66.2 Å². The van der Waals surface area contributed by atoms with Crippen LogP contribution in [0.3, 0.4) is 0 Å². The van der Waals surface area contributed by atoms with Crippen LogP contribution >= 0.6 is 0 Å². The van der Waals surface area contributed by atoms with Gasteiger partial charge >= 0.3 is 0 Å². The van der Waals surface area contributed by atoms with Gasteiger partial charge < -0.3 is 9.59 Å². The lowest BCUT2D eigenvalue weighted by Gasteiger charge is -2.27. The van der Waals surface area contributed by atoms with Crippen LogP contribution in [0, 0.1) is 0 Å². The molecule has 3 heteroatoms. The van der Waals surface area contributed by atoms with Crippen molar-refractivity contribution >= 4 is 18.9 Å². The molecule has 0 atom stereocenters. The number of hydrogen-bond acceptors (Lipinski definition) is 2. The summed E-state index contributed by atoms with van der Waals surface area (Å²) >= 11 is 0. The minimum Gasteiger partial charge on any atom is -0.305 e. The molecule has 0 amide bonds. The van der Waals surface area contributed by atoms with Gasteiger partial charge in [0.1, 0.15) is 10.8 Å². The van der Waals surface area contributed by atoms with E-state index < -0.39 is 8.07 Å². The molecule has 0 N–H and O–H groups in total. The minimum absolute atomic E-state index is 0.297. The number of carbonyl (C=O) groups excluding carboxylic acids is 2. The van der Waals surface area contributed by atoms with Gasteiger partial charge in [-0.25, -0.2) is 0 Å². The number of rotatable bonds is 10. The van der Waals surface area contributed by atoms with Gasteiger partial charge in [0, 0.05) is 0 Å². The van der Waals surface area contributed by atoms with Crippen LogP contribution in [0.15, 0.2) is 0 Å². The van der Waals surface area contributed by atoms with Crippen molar-refractivity contribution in [2.45, 2.75) is 78.3 Å². The monoisotopic (exact) mass is 256 g/mol. The van der Waals surface area contributed by atoms with Crippen molar-refractivity contribution in [3.63, 3.8) is 0 Å². The van der Waals surface area contributed by atoms with Crippen LogP contribution in [0.25, 0.3) is 0 Å². The molecular weight excluding hydrogens is 228 g/mol. The Labute approximate surface area is 107 Å². The van der Waals surface area contributed by atoms with Gasteiger partial charge in [-0.05, 0) is 24.9 Å². The highest BCUT2D eigenvalue weighted by Crippen LogP contribution is 2.26. The molecule has 0 radical (unpaired) electrons. The molecular formula is C14H28O2Si. The van der Waals surface area contributed by atoms with Gasteiger partial charge in [0.2, 0.25) is 8.07 Å². The van der Waals surface area contributed by atoms with Gasteiger partial charge in [-0.2, -0.15) is 0 Å². The molecule has 0 aromatic rings. The Hall–Kier alpha value is -0.443. The zero-order valence-corrected chi connectivity index (χ0v) is 13.0. The minimum atomic E-state index is -2.32. The van der Waals surface area contributed by atoms with Crippen molar-refractivity contribution in [1.82, 2.24) is 0 Å². The van der Waals surface area contributed by atoms with Crippen molar-refractivity contribution in [3.05, 3.63) is 0 Å². The van der Waals surface area contributed by atoms with E-state index in [-0.39, 0.29) is 0 Å². The molecule has 0 aliphatic heterocycles.